The number of carbonyl (C=O) groups is 2. The minimum atomic E-state index is -0.441. The molecule has 0 saturated carbocycles. The zero-order valence-electron chi connectivity index (χ0n) is 16.8. The maximum atomic E-state index is 12.9. The minimum Gasteiger partial charge on any atom is -0.397 e. The first-order chi connectivity index (χ1) is 15.0. The van der Waals surface area contributed by atoms with Crippen LogP contribution in [-0.2, 0) is 11.3 Å². The van der Waals surface area contributed by atoms with E-state index in [1.54, 1.807) is 36.1 Å². The van der Waals surface area contributed by atoms with E-state index in [0.717, 1.165) is 21.6 Å². The lowest BCUT2D eigenvalue weighted by Crippen LogP contribution is -2.18. The minimum absolute atomic E-state index is 0.110. The monoisotopic (exact) mass is 435 g/mol. The summed E-state index contributed by atoms with van der Waals surface area (Å²) < 4.78 is 1.76. The number of rotatable bonds is 7. The summed E-state index contributed by atoms with van der Waals surface area (Å²) in [7, 11) is 1.77. The van der Waals surface area contributed by atoms with Crippen LogP contribution >= 0.6 is 11.3 Å². The van der Waals surface area contributed by atoms with Crippen molar-refractivity contribution in [3.63, 3.8) is 0 Å². The van der Waals surface area contributed by atoms with E-state index in [1.165, 1.54) is 11.3 Å². The zero-order chi connectivity index (χ0) is 22.0. The van der Waals surface area contributed by atoms with E-state index in [-0.39, 0.29) is 18.9 Å². The molecule has 9 nitrogen and oxygen atoms in total. The van der Waals surface area contributed by atoms with Crippen LogP contribution in [0, 0.1) is 0 Å². The molecule has 0 aliphatic carbocycles. The van der Waals surface area contributed by atoms with E-state index in [9.17, 15) is 9.59 Å². The van der Waals surface area contributed by atoms with Crippen LogP contribution in [0.4, 0.5) is 17.3 Å². The number of imidazole rings is 1. The molecule has 2 amide bonds. The van der Waals surface area contributed by atoms with Crippen LogP contribution in [0.25, 0.3) is 21.5 Å². The van der Waals surface area contributed by atoms with Crippen molar-refractivity contribution in [2.24, 2.45) is 5.73 Å². The number of primary amides is 1. The van der Waals surface area contributed by atoms with E-state index in [0.29, 0.717) is 22.0 Å². The molecule has 158 valence electrons. The molecule has 0 bridgehead atoms. The van der Waals surface area contributed by atoms with Gasteiger partial charge < -0.3 is 21.4 Å². The second kappa shape index (κ2) is 8.44. The number of thiophene rings is 1. The summed E-state index contributed by atoms with van der Waals surface area (Å²) >= 11 is 1.37. The standard InChI is InChI=1S/C21H21N7O2S/c1-24-14-11-16-15(10-13(14)22)26-21(28(16)9-6-19(23)29)27-20(30)18-3-2-17(31-18)12-4-7-25-8-5-12/h2-5,7-8,10-11,24H,6,9,22H2,1H3,(H2,23,29)(H,26,27,30). The molecular formula is C21H21N7O2S. The van der Waals surface area contributed by atoms with Crippen LogP contribution in [-0.4, -0.2) is 33.4 Å². The van der Waals surface area contributed by atoms with Crippen LogP contribution in [0.15, 0.2) is 48.8 Å². The molecule has 0 atom stereocenters. The SMILES string of the molecule is CNc1cc2c(cc1N)nc(NC(=O)c1ccc(-c3ccncc3)s1)n2CCC(N)=O. The third-order valence-corrected chi connectivity index (χ3v) is 5.92. The zero-order valence-corrected chi connectivity index (χ0v) is 17.6. The van der Waals surface area contributed by atoms with Gasteiger partial charge in [-0.2, -0.15) is 0 Å². The second-order valence-electron chi connectivity index (χ2n) is 6.84. The lowest BCUT2D eigenvalue weighted by Gasteiger charge is -2.10. The number of aromatic nitrogens is 3. The summed E-state index contributed by atoms with van der Waals surface area (Å²) in [5.41, 5.74) is 15.0. The first-order valence-corrected chi connectivity index (χ1v) is 10.4. The molecule has 10 heteroatoms. The normalized spacial score (nSPS) is 10.9. The highest BCUT2D eigenvalue weighted by atomic mass is 32.1. The Hall–Kier alpha value is -3.92. The lowest BCUT2D eigenvalue weighted by atomic mass is 10.2. The summed E-state index contributed by atoms with van der Waals surface area (Å²) in [5, 5.41) is 5.89. The summed E-state index contributed by atoms with van der Waals surface area (Å²) in [6.45, 7) is 0.279. The van der Waals surface area contributed by atoms with Gasteiger partial charge in [-0.3, -0.25) is 19.9 Å². The third kappa shape index (κ3) is 4.19. The van der Waals surface area contributed by atoms with Crippen molar-refractivity contribution in [2.45, 2.75) is 13.0 Å². The van der Waals surface area contributed by atoms with Gasteiger partial charge >= 0.3 is 0 Å². The Balaban J connectivity index is 1.67. The van der Waals surface area contributed by atoms with Gasteiger partial charge in [0.1, 0.15) is 0 Å². The van der Waals surface area contributed by atoms with E-state index < -0.39 is 5.91 Å². The average Bonchev–Trinajstić information content (AvgIpc) is 3.37. The van der Waals surface area contributed by atoms with E-state index in [4.69, 9.17) is 11.5 Å². The lowest BCUT2D eigenvalue weighted by molar-refractivity contribution is -0.118. The van der Waals surface area contributed by atoms with Gasteiger partial charge in [0.2, 0.25) is 11.9 Å². The molecule has 0 spiro atoms. The number of anilines is 3. The van der Waals surface area contributed by atoms with E-state index >= 15 is 0 Å². The van der Waals surface area contributed by atoms with E-state index in [1.807, 2.05) is 24.3 Å². The van der Waals surface area contributed by atoms with Crippen LogP contribution in [0.1, 0.15) is 16.1 Å². The number of nitrogens with two attached hydrogens (primary N) is 2. The smallest absolute Gasteiger partial charge is 0.268 e. The maximum absolute atomic E-state index is 12.9. The van der Waals surface area contributed by atoms with Crippen molar-refractivity contribution in [1.29, 1.82) is 0 Å². The quantitative estimate of drug-likeness (QED) is 0.329. The van der Waals surface area contributed by atoms with Gasteiger partial charge in [-0.15, -0.1) is 11.3 Å². The number of aryl methyl sites for hydroxylation is 1. The highest BCUT2D eigenvalue weighted by Gasteiger charge is 2.18. The largest absolute Gasteiger partial charge is 0.397 e. The van der Waals surface area contributed by atoms with Gasteiger partial charge in [0.25, 0.3) is 5.91 Å². The molecule has 4 rings (SSSR count). The fourth-order valence-corrected chi connectivity index (χ4v) is 4.15. The molecule has 0 aliphatic rings. The van der Waals surface area contributed by atoms with Crippen molar-refractivity contribution < 1.29 is 9.59 Å². The van der Waals surface area contributed by atoms with Crippen LogP contribution < -0.4 is 22.1 Å². The number of amides is 2. The second-order valence-corrected chi connectivity index (χ2v) is 7.92. The summed E-state index contributed by atoms with van der Waals surface area (Å²) in [4.78, 5) is 34.3. The van der Waals surface area contributed by atoms with Crippen LogP contribution in [0.3, 0.4) is 0 Å². The van der Waals surface area contributed by atoms with Gasteiger partial charge in [-0.1, -0.05) is 0 Å². The molecule has 0 saturated heterocycles. The van der Waals surface area contributed by atoms with Crippen molar-refractivity contribution >= 4 is 51.5 Å². The Morgan fingerprint density at radius 2 is 1.94 bits per heavy atom. The summed E-state index contributed by atoms with van der Waals surface area (Å²) in [6, 6.07) is 11.0. The van der Waals surface area contributed by atoms with Gasteiger partial charge in [-0.25, -0.2) is 4.98 Å². The predicted octanol–water partition coefficient (Wildman–Crippen LogP) is 2.91. The number of nitrogens with zero attached hydrogens (tertiary/aromatic N) is 3. The van der Waals surface area contributed by atoms with Crippen molar-refractivity contribution in [3.05, 3.63) is 53.7 Å². The third-order valence-electron chi connectivity index (χ3n) is 4.79. The number of pyridine rings is 1. The topological polar surface area (TPSA) is 141 Å². The van der Waals surface area contributed by atoms with E-state index in [2.05, 4.69) is 20.6 Å². The highest BCUT2D eigenvalue weighted by Crippen LogP contribution is 2.30. The number of hydrogen-bond donors (Lipinski definition) is 4. The molecule has 0 aliphatic heterocycles. The Labute approximate surface area is 182 Å². The Bertz CT molecular complexity index is 1260. The summed E-state index contributed by atoms with van der Waals surface area (Å²) in [5.74, 6) is -0.404. The first kappa shape index (κ1) is 20.4. The van der Waals surface area contributed by atoms with Gasteiger partial charge in [0, 0.05) is 37.3 Å². The van der Waals surface area contributed by atoms with Crippen LogP contribution in [0.2, 0.25) is 0 Å². The molecule has 31 heavy (non-hydrogen) atoms. The molecule has 0 radical (unpaired) electrons. The molecule has 0 fully saturated rings. The fraction of sp³-hybridized carbons (Fsp3) is 0.143. The fourth-order valence-electron chi connectivity index (χ4n) is 3.24. The Morgan fingerprint density at radius 1 is 1.16 bits per heavy atom. The predicted molar refractivity (Wildman–Crippen MR) is 123 cm³/mol. The van der Waals surface area contributed by atoms with Crippen molar-refractivity contribution in [2.75, 3.05) is 23.4 Å². The highest BCUT2D eigenvalue weighted by molar-refractivity contribution is 7.17. The molecular weight excluding hydrogens is 414 g/mol. The first-order valence-electron chi connectivity index (χ1n) is 9.53. The van der Waals surface area contributed by atoms with Crippen LogP contribution in [0.5, 0.6) is 0 Å². The number of nitrogen functional groups attached to an aromatic ring is 1. The molecule has 3 heterocycles. The number of carbonyl (C=O) groups excluding carboxylic acids is 2. The van der Waals surface area contributed by atoms with Gasteiger partial charge in [-0.05, 0) is 42.0 Å². The van der Waals surface area contributed by atoms with Gasteiger partial charge in [0.05, 0.1) is 27.3 Å². The maximum Gasteiger partial charge on any atom is 0.268 e. The number of fused-ring (bicyclic) bond motifs is 1. The molecule has 6 N–H and O–H groups in total. The molecule has 1 aromatic carbocycles. The average molecular weight is 436 g/mol. The number of hydrogen-bond acceptors (Lipinski definition) is 7. The number of benzene rings is 1. The molecule has 3 aromatic heterocycles. The van der Waals surface area contributed by atoms with Crippen molar-refractivity contribution in [3.8, 4) is 10.4 Å². The molecule has 0 unspecified atom stereocenters. The Kier molecular flexibility index (Phi) is 5.54. The van der Waals surface area contributed by atoms with Crippen molar-refractivity contribution in [1.82, 2.24) is 14.5 Å². The molecule has 4 aromatic rings. The number of nitrogens with one attached hydrogen (secondary N) is 2. The summed E-state index contributed by atoms with van der Waals surface area (Å²) in [6.07, 6.45) is 3.53. The Morgan fingerprint density at radius 3 is 2.65 bits per heavy atom. The van der Waals surface area contributed by atoms with Gasteiger partial charge in [0.15, 0.2) is 0 Å².